The Morgan fingerprint density at radius 2 is 2.05 bits per heavy atom. The summed E-state index contributed by atoms with van der Waals surface area (Å²) in [6, 6.07) is 5.78. The molecule has 0 saturated carbocycles. The molecule has 0 spiro atoms. The molecule has 7 nitrogen and oxygen atoms in total. The lowest BCUT2D eigenvalue weighted by Crippen LogP contribution is -2.37. The molecule has 118 valence electrons. The van der Waals surface area contributed by atoms with Crippen molar-refractivity contribution in [2.75, 3.05) is 33.4 Å². The number of ether oxygens (including phenoxy) is 1. The minimum atomic E-state index is -3.65. The lowest BCUT2D eigenvalue weighted by Gasteiger charge is -2.21. The summed E-state index contributed by atoms with van der Waals surface area (Å²) in [6.07, 6.45) is 0. The van der Waals surface area contributed by atoms with Crippen LogP contribution >= 0.6 is 0 Å². The van der Waals surface area contributed by atoms with Crippen molar-refractivity contribution in [1.82, 2.24) is 4.31 Å². The average Bonchev–Trinajstić information content (AvgIpc) is 2.43. The van der Waals surface area contributed by atoms with E-state index in [-0.39, 0.29) is 37.6 Å². The van der Waals surface area contributed by atoms with E-state index in [4.69, 9.17) is 14.9 Å². The topological polar surface area (TPSA) is 104 Å². The van der Waals surface area contributed by atoms with Gasteiger partial charge in [-0.2, -0.15) is 4.31 Å². The molecule has 1 aromatic rings. The van der Waals surface area contributed by atoms with Crippen LogP contribution < -0.4 is 0 Å². The number of hydrogen-bond acceptors (Lipinski definition) is 5. The monoisotopic (exact) mass is 317 g/mol. The first-order valence-corrected chi connectivity index (χ1v) is 7.91. The Labute approximate surface area is 123 Å². The molecule has 8 heteroatoms. The lowest BCUT2D eigenvalue weighted by atomic mass is 10.1. The first-order chi connectivity index (χ1) is 9.90. The second kappa shape index (κ2) is 8.08. The third kappa shape index (κ3) is 5.43. The predicted molar refractivity (Wildman–Crippen MR) is 76.6 cm³/mol. The fourth-order valence-electron chi connectivity index (χ4n) is 1.79. The van der Waals surface area contributed by atoms with Crippen LogP contribution in [0.25, 0.3) is 0 Å². The zero-order valence-corrected chi connectivity index (χ0v) is 12.5. The second-order valence-corrected chi connectivity index (χ2v) is 6.35. The van der Waals surface area contributed by atoms with Crippen LogP contribution in [0.15, 0.2) is 24.3 Å². The maximum atomic E-state index is 12.3. The maximum absolute atomic E-state index is 12.3. The number of rotatable bonds is 9. The number of methoxy groups -OCH3 is 1. The van der Waals surface area contributed by atoms with E-state index in [1.54, 1.807) is 6.07 Å². The van der Waals surface area contributed by atoms with Crippen molar-refractivity contribution >= 4 is 16.0 Å². The number of aromatic carboxylic acids is 1. The number of carboxylic acids is 1. The van der Waals surface area contributed by atoms with Crippen LogP contribution in [0.3, 0.4) is 0 Å². The van der Waals surface area contributed by atoms with Gasteiger partial charge in [-0.15, -0.1) is 0 Å². The first kappa shape index (κ1) is 17.6. The van der Waals surface area contributed by atoms with Crippen LogP contribution in [0.2, 0.25) is 0 Å². The van der Waals surface area contributed by atoms with E-state index in [0.29, 0.717) is 5.56 Å². The highest BCUT2D eigenvalue weighted by atomic mass is 32.2. The number of sulfonamides is 1. The van der Waals surface area contributed by atoms with Crippen molar-refractivity contribution in [2.24, 2.45) is 0 Å². The molecule has 0 aliphatic heterocycles. The third-order valence-corrected chi connectivity index (χ3v) is 4.66. The fourth-order valence-corrected chi connectivity index (χ4v) is 3.29. The zero-order chi connectivity index (χ0) is 15.9. The number of carbonyl (C=O) groups is 1. The Hall–Kier alpha value is -1.48. The van der Waals surface area contributed by atoms with Gasteiger partial charge in [-0.1, -0.05) is 12.1 Å². The van der Waals surface area contributed by atoms with Crippen LogP contribution in [0.1, 0.15) is 15.9 Å². The van der Waals surface area contributed by atoms with Gasteiger partial charge in [0.25, 0.3) is 0 Å². The van der Waals surface area contributed by atoms with Crippen molar-refractivity contribution in [3.63, 3.8) is 0 Å². The van der Waals surface area contributed by atoms with E-state index in [0.717, 1.165) is 4.31 Å². The highest BCUT2D eigenvalue weighted by Crippen LogP contribution is 2.13. The summed E-state index contributed by atoms with van der Waals surface area (Å²) >= 11 is 0. The maximum Gasteiger partial charge on any atom is 0.335 e. The molecular formula is C13H19NO6S. The molecule has 1 rings (SSSR count). The molecule has 0 radical (unpaired) electrons. The summed E-state index contributed by atoms with van der Waals surface area (Å²) < 4.78 is 30.6. The summed E-state index contributed by atoms with van der Waals surface area (Å²) in [4.78, 5) is 10.9. The number of nitrogens with zero attached hydrogens (tertiary/aromatic N) is 1. The fraction of sp³-hybridized carbons (Fsp3) is 0.462. The normalized spacial score (nSPS) is 11.8. The van der Waals surface area contributed by atoms with Gasteiger partial charge in [-0.25, -0.2) is 13.2 Å². The molecule has 0 aliphatic rings. The molecule has 0 bridgehead atoms. The molecule has 0 fully saturated rings. The van der Waals surface area contributed by atoms with E-state index >= 15 is 0 Å². The van der Waals surface area contributed by atoms with Gasteiger partial charge in [0.1, 0.15) is 0 Å². The van der Waals surface area contributed by atoms with Gasteiger partial charge in [-0.3, -0.25) is 0 Å². The van der Waals surface area contributed by atoms with Gasteiger partial charge in [0.15, 0.2) is 0 Å². The van der Waals surface area contributed by atoms with Gasteiger partial charge in [0, 0.05) is 20.2 Å². The minimum Gasteiger partial charge on any atom is -0.478 e. The van der Waals surface area contributed by atoms with Crippen molar-refractivity contribution in [2.45, 2.75) is 5.75 Å². The highest BCUT2D eigenvalue weighted by Gasteiger charge is 2.22. The molecule has 0 heterocycles. The minimum absolute atomic E-state index is 0.0235. The number of hydrogen-bond donors (Lipinski definition) is 2. The van der Waals surface area contributed by atoms with Crippen molar-refractivity contribution in [3.8, 4) is 0 Å². The Balaban J connectivity index is 2.91. The van der Waals surface area contributed by atoms with Gasteiger partial charge < -0.3 is 14.9 Å². The van der Waals surface area contributed by atoms with Crippen LogP contribution in [-0.4, -0.2) is 62.3 Å². The van der Waals surface area contributed by atoms with Crippen LogP contribution in [-0.2, 0) is 20.5 Å². The molecule has 2 N–H and O–H groups in total. The summed E-state index contributed by atoms with van der Waals surface area (Å²) in [6.45, 7) is 0.0365. The van der Waals surface area contributed by atoms with E-state index in [2.05, 4.69) is 0 Å². The second-order valence-electron chi connectivity index (χ2n) is 4.38. The van der Waals surface area contributed by atoms with Crippen LogP contribution in [0.4, 0.5) is 0 Å². The number of benzene rings is 1. The highest BCUT2D eigenvalue weighted by molar-refractivity contribution is 7.88. The van der Waals surface area contributed by atoms with Crippen molar-refractivity contribution < 1.29 is 28.2 Å². The molecule has 0 amide bonds. The molecule has 21 heavy (non-hydrogen) atoms. The summed E-state index contributed by atoms with van der Waals surface area (Å²) in [5.74, 6) is -1.43. The van der Waals surface area contributed by atoms with E-state index in [1.165, 1.54) is 25.3 Å². The van der Waals surface area contributed by atoms with Crippen LogP contribution in [0.5, 0.6) is 0 Å². The summed E-state index contributed by atoms with van der Waals surface area (Å²) in [7, 11) is -2.19. The Morgan fingerprint density at radius 1 is 1.33 bits per heavy atom. The van der Waals surface area contributed by atoms with Crippen LogP contribution in [0, 0.1) is 0 Å². The van der Waals surface area contributed by atoms with Crippen molar-refractivity contribution in [1.29, 1.82) is 0 Å². The van der Waals surface area contributed by atoms with Gasteiger partial charge in [0.05, 0.1) is 24.5 Å². The SMILES string of the molecule is COCCN(CCO)S(=O)(=O)Cc1cccc(C(=O)O)c1. The van der Waals surface area contributed by atoms with E-state index in [9.17, 15) is 13.2 Å². The number of carboxylic acid groups (broad SMARTS) is 1. The standard InChI is InChI=1S/C13H19NO6S/c1-20-8-6-14(5-7-15)21(18,19)10-11-3-2-4-12(9-11)13(16)17/h2-4,9,15H,5-8,10H2,1H3,(H,16,17). The summed E-state index contributed by atoms with van der Waals surface area (Å²) in [5.41, 5.74) is 0.420. The summed E-state index contributed by atoms with van der Waals surface area (Å²) in [5, 5.41) is 17.9. The van der Waals surface area contributed by atoms with E-state index in [1.807, 2.05) is 0 Å². The Morgan fingerprint density at radius 3 is 2.62 bits per heavy atom. The van der Waals surface area contributed by atoms with Crippen molar-refractivity contribution in [3.05, 3.63) is 35.4 Å². The lowest BCUT2D eigenvalue weighted by molar-refractivity contribution is 0.0696. The van der Waals surface area contributed by atoms with Gasteiger partial charge in [-0.05, 0) is 17.7 Å². The Bertz CT molecular complexity index is 572. The Kier molecular flexibility index (Phi) is 6.76. The first-order valence-electron chi connectivity index (χ1n) is 6.30. The van der Waals surface area contributed by atoms with E-state index < -0.39 is 16.0 Å². The molecule has 1 aromatic carbocycles. The molecular weight excluding hydrogens is 298 g/mol. The van der Waals surface area contributed by atoms with Gasteiger partial charge >= 0.3 is 5.97 Å². The average molecular weight is 317 g/mol. The number of aliphatic hydroxyl groups excluding tert-OH is 1. The quantitative estimate of drug-likeness (QED) is 0.672. The zero-order valence-electron chi connectivity index (χ0n) is 11.7. The largest absolute Gasteiger partial charge is 0.478 e. The molecule has 0 saturated heterocycles. The third-order valence-electron chi connectivity index (χ3n) is 2.81. The molecule has 0 atom stereocenters. The molecule has 0 aromatic heterocycles. The number of aliphatic hydroxyl groups is 1. The smallest absolute Gasteiger partial charge is 0.335 e. The predicted octanol–water partition coefficient (Wildman–Crippen LogP) is 0.155. The molecule has 0 unspecified atom stereocenters. The van der Waals surface area contributed by atoms with Gasteiger partial charge in [0.2, 0.25) is 10.0 Å². The molecule has 0 aliphatic carbocycles.